The number of nitrogens with zero attached hydrogens (tertiary/aromatic N) is 5. The average molecular weight is 504 g/mol. The van der Waals surface area contributed by atoms with Gasteiger partial charge in [-0.1, -0.05) is 44.1 Å². The van der Waals surface area contributed by atoms with E-state index in [1.165, 1.54) is 0 Å². The molecule has 0 radical (unpaired) electrons. The molecule has 0 unspecified atom stereocenters. The standard InChI is InChI=1S/C21H22N6O2.C2HF3O2/c1-13-11-14(16-7-8-24-27-10-9-22-18(16)27)5-6-15(13)12-23-19(28)17-25-20(29-26-17)21(2,3)4;3-2(4,5)1(6)7/h5-11H,12H2,1-4H3,(H,23,28);(H,6,7). The smallest absolute Gasteiger partial charge is 0.475 e. The molecule has 0 aliphatic rings. The molecule has 3 aromatic heterocycles. The predicted octanol–water partition coefficient (Wildman–Crippen LogP) is 3.95. The Morgan fingerprint density at radius 3 is 2.42 bits per heavy atom. The Morgan fingerprint density at radius 2 is 1.83 bits per heavy atom. The Morgan fingerprint density at radius 1 is 1.14 bits per heavy atom. The van der Waals surface area contributed by atoms with Crippen molar-refractivity contribution in [3.63, 3.8) is 0 Å². The first kappa shape index (κ1) is 26.3. The number of aromatic nitrogens is 5. The Balaban J connectivity index is 0.000000454. The van der Waals surface area contributed by atoms with E-state index >= 15 is 0 Å². The molecule has 1 aromatic carbocycles. The summed E-state index contributed by atoms with van der Waals surface area (Å²) in [5, 5.41) is 18.0. The van der Waals surface area contributed by atoms with Crippen LogP contribution in [0.3, 0.4) is 0 Å². The molecular formula is C23H23F3N6O4. The Labute approximate surface area is 203 Å². The number of fused-ring (bicyclic) bond motifs is 1. The average Bonchev–Trinajstić information content (AvgIpc) is 3.47. The van der Waals surface area contributed by atoms with Crippen LogP contribution in [0.4, 0.5) is 13.2 Å². The maximum atomic E-state index is 12.4. The van der Waals surface area contributed by atoms with Crippen molar-refractivity contribution < 1.29 is 32.4 Å². The molecule has 0 bridgehead atoms. The van der Waals surface area contributed by atoms with Crippen molar-refractivity contribution in [2.75, 3.05) is 0 Å². The zero-order valence-corrected chi connectivity index (χ0v) is 19.8. The number of carbonyl (C=O) groups is 2. The second kappa shape index (κ2) is 10.1. The molecule has 2 N–H and O–H groups in total. The molecule has 1 amide bonds. The Bertz CT molecular complexity index is 1390. The lowest BCUT2D eigenvalue weighted by Crippen LogP contribution is -2.24. The van der Waals surface area contributed by atoms with Gasteiger partial charge in [0.2, 0.25) is 5.89 Å². The van der Waals surface area contributed by atoms with Crippen molar-refractivity contribution in [1.29, 1.82) is 0 Å². The summed E-state index contributed by atoms with van der Waals surface area (Å²) < 4.78 is 38.7. The fraction of sp³-hybridized carbons (Fsp3) is 0.304. The molecule has 4 rings (SSSR count). The van der Waals surface area contributed by atoms with Gasteiger partial charge in [0.15, 0.2) is 5.65 Å². The Kier molecular flexibility index (Phi) is 7.41. The molecule has 0 atom stereocenters. The number of amides is 1. The zero-order chi connectivity index (χ0) is 26.7. The molecular weight excluding hydrogens is 481 g/mol. The fourth-order valence-corrected chi connectivity index (χ4v) is 3.00. The number of alkyl halides is 3. The van der Waals surface area contributed by atoms with Crippen molar-refractivity contribution in [2.45, 2.75) is 45.8 Å². The largest absolute Gasteiger partial charge is 0.490 e. The molecule has 4 aromatic rings. The third-order valence-electron chi connectivity index (χ3n) is 4.90. The van der Waals surface area contributed by atoms with E-state index in [-0.39, 0.29) is 17.1 Å². The van der Waals surface area contributed by atoms with E-state index in [0.29, 0.717) is 12.4 Å². The fourth-order valence-electron chi connectivity index (χ4n) is 3.00. The molecule has 0 aliphatic carbocycles. The molecule has 0 fully saturated rings. The van der Waals surface area contributed by atoms with Crippen molar-refractivity contribution in [1.82, 2.24) is 30.1 Å². The SMILES string of the molecule is Cc1cc(-c2ccnn3ccnc23)ccc1CNC(=O)c1noc(C(C)(C)C)n1.O=C(O)C(F)(F)F. The lowest BCUT2D eigenvalue weighted by Gasteiger charge is -2.10. The number of carboxylic acid groups (broad SMARTS) is 1. The van der Waals surface area contributed by atoms with Crippen molar-refractivity contribution in [2.24, 2.45) is 0 Å². The maximum Gasteiger partial charge on any atom is 0.490 e. The zero-order valence-electron chi connectivity index (χ0n) is 19.8. The molecule has 36 heavy (non-hydrogen) atoms. The second-order valence-corrected chi connectivity index (χ2v) is 8.74. The van der Waals surface area contributed by atoms with Crippen LogP contribution in [0.5, 0.6) is 0 Å². The number of hydrogen-bond acceptors (Lipinski definition) is 7. The van der Waals surface area contributed by atoms with Gasteiger partial charge in [0.05, 0.1) is 0 Å². The minimum absolute atomic E-state index is 0.0442. The summed E-state index contributed by atoms with van der Waals surface area (Å²) in [6.45, 7) is 8.24. The Hall–Kier alpha value is -4.29. The lowest BCUT2D eigenvalue weighted by atomic mass is 9.97. The topological polar surface area (TPSA) is 136 Å². The molecule has 0 aliphatic heterocycles. The van der Waals surface area contributed by atoms with Crippen LogP contribution in [-0.4, -0.2) is 47.9 Å². The van der Waals surface area contributed by atoms with Crippen LogP contribution in [-0.2, 0) is 16.8 Å². The number of halogens is 3. The highest BCUT2D eigenvalue weighted by atomic mass is 19.4. The van der Waals surface area contributed by atoms with Crippen molar-refractivity contribution in [3.05, 3.63) is 65.7 Å². The number of imidazole rings is 1. The van der Waals surface area contributed by atoms with Gasteiger partial charge in [0, 0.05) is 36.1 Å². The first-order valence-electron chi connectivity index (χ1n) is 10.6. The van der Waals surface area contributed by atoms with Gasteiger partial charge in [0.25, 0.3) is 11.7 Å². The van der Waals surface area contributed by atoms with Gasteiger partial charge in [-0.05, 0) is 29.7 Å². The number of carbonyl (C=O) groups excluding carboxylic acids is 1. The summed E-state index contributed by atoms with van der Waals surface area (Å²) in [6.07, 6.45) is 0.217. The highest BCUT2D eigenvalue weighted by Gasteiger charge is 2.38. The van der Waals surface area contributed by atoms with Crippen LogP contribution in [0.1, 0.15) is 48.4 Å². The minimum Gasteiger partial charge on any atom is -0.475 e. The normalized spacial score (nSPS) is 11.6. The summed E-state index contributed by atoms with van der Waals surface area (Å²) in [4.78, 5) is 29.8. The molecule has 190 valence electrons. The van der Waals surface area contributed by atoms with E-state index in [9.17, 15) is 18.0 Å². The third kappa shape index (κ3) is 6.23. The van der Waals surface area contributed by atoms with Gasteiger partial charge in [-0.15, -0.1) is 0 Å². The van der Waals surface area contributed by atoms with Crippen LogP contribution in [0.2, 0.25) is 0 Å². The maximum absolute atomic E-state index is 12.4. The number of carboxylic acids is 1. The molecule has 10 nitrogen and oxygen atoms in total. The molecule has 0 spiro atoms. The summed E-state index contributed by atoms with van der Waals surface area (Å²) in [6, 6.07) is 8.05. The van der Waals surface area contributed by atoms with Crippen molar-refractivity contribution >= 4 is 17.5 Å². The number of rotatable bonds is 4. The summed E-state index contributed by atoms with van der Waals surface area (Å²) in [5.74, 6) is -2.64. The van der Waals surface area contributed by atoms with Crippen LogP contribution in [0.15, 0.2) is 47.4 Å². The van der Waals surface area contributed by atoms with Crippen molar-refractivity contribution in [3.8, 4) is 11.1 Å². The lowest BCUT2D eigenvalue weighted by molar-refractivity contribution is -0.192. The predicted molar refractivity (Wildman–Crippen MR) is 121 cm³/mol. The van der Waals surface area contributed by atoms with E-state index < -0.39 is 12.1 Å². The first-order valence-corrected chi connectivity index (χ1v) is 10.6. The van der Waals surface area contributed by atoms with Gasteiger partial charge >= 0.3 is 12.1 Å². The van der Waals surface area contributed by atoms with Gasteiger partial charge < -0.3 is 14.9 Å². The van der Waals surface area contributed by atoms with E-state index in [2.05, 4.69) is 31.6 Å². The first-order chi connectivity index (χ1) is 16.8. The molecule has 13 heteroatoms. The highest BCUT2D eigenvalue weighted by Crippen LogP contribution is 2.25. The van der Waals surface area contributed by atoms with Crippen LogP contribution in [0, 0.1) is 6.92 Å². The molecule has 3 heterocycles. The number of hydrogen-bond donors (Lipinski definition) is 2. The van der Waals surface area contributed by atoms with E-state index in [0.717, 1.165) is 27.9 Å². The molecule has 0 saturated carbocycles. The summed E-state index contributed by atoms with van der Waals surface area (Å²) in [7, 11) is 0. The monoisotopic (exact) mass is 504 g/mol. The van der Waals surface area contributed by atoms with Gasteiger partial charge in [-0.3, -0.25) is 4.79 Å². The van der Waals surface area contributed by atoms with E-state index in [4.69, 9.17) is 14.4 Å². The number of nitrogens with one attached hydrogen (secondary N) is 1. The summed E-state index contributed by atoms with van der Waals surface area (Å²) in [5.41, 5.74) is 4.63. The number of aliphatic carboxylic acids is 1. The van der Waals surface area contributed by atoms with Gasteiger partial charge in [-0.25, -0.2) is 14.3 Å². The van der Waals surface area contributed by atoms with Gasteiger partial charge in [0.1, 0.15) is 0 Å². The van der Waals surface area contributed by atoms with Crippen LogP contribution in [0.25, 0.3) is 16.8 Å². The van der Waals surface area contributed by atoms with E-state index in [1.807, 2.05) is 52.1 Å². The quantitative estimate of drug-likeness (QED) is 0.427. The second-order valence-electron chi connectivity index (χ2n) is 8.74. The van der Waals surface area contributed by atoms with Gasteiger partial charge in [-0.2, -0.15) is 23.3 Å². The summed E-state index contributed by atoms with van der Waals surface area (Å²) >= 11 is 0. The molecule has 0 saturated heterocycles. The third-order valence-corrected chi connectivity index (χ3v) is 4.90. The van der Waals surface area contributed by atoms with Crippen LogP contribution >= 0.6 is 0 Å². The van der Waals surface area contributed by atoms with E-state index in [1.54, 1.807) is 16.9 Å². The number of aryl methyl sites for hydroxylation is 1. The number of benzene rings is 1. The van der Waals surface area contributed by atoms with Crippen LogP contribution < -0.4 is 5.32 Å². The minimum atomic E-state index is -5.08. The highest BCUT2D eigenvalue weighted by molar-refractivity contribution is 5.90.